The largest absolute Gasteiger partial charge is 0.508 e. The van der Waals surface area contributed by atoms with E-state index in [-0.39, 0.29) is 68.3 Å². The van der Waals surface area contributed by atoms with Crippen LogP contribution in [-0.2, 0) is 0 Å². The number of ether oxygens (including phenoxy) is 2. The quantitative estimate of drug-likeness (QED) is 0.209. The number of aromatic nitrogens is 3. The van der Waals surface area contributed by atoms with Gasteiger partial charge in [0, 0.05) is 60.9 Å². The number of anilines is 1. The van der Waals surface area contributed by atoms with Gasteiger partial charge >= 0.3 is 6.01 Å². The summed E-state index contributed by atoms with van der Waals surface area (Å²) < 4.78 is 58.8. The molecule has 5 aliphatic rings. The van der Waals surface area contributed by atoms with E-state index in [0.29, 0.717) is 49.1 Å². The molecule has 3 saturated heterocycles. The van der Waals surface area contributed by atoms with Gasteiger partial charge in [0.15, 0.2) is 11.5 Å². The number of alkyl halides is 1. The molecule has 2 aromatic carbocycles. The fourth-order valence-corrected chi connectivity index (χ4v) is 9.42. The van der Waals surface area contributed by atoms with Crippen molar-refractivity contribution < 1.29 is 27.8 Å². The number of aromatic hydroxyl groups is 1. The minimum absolute atomic E-state index is 0.0294. The standard InChI is InChI=1S/C40H40F3N7O3/c1-3-27-29(41)7-4-23-14-26(51)15-28(30(23)27)33-32(42)34-31(36(46-33)52-2)35(50-16-24-5-6-25(17-50)45-24)48-37(47-34)53-22-39(8-9-39)21-49-12-10-38(11-13-49)18-40(43,19-38)20-44/h1,4,7,14-15,24-25,45,51H,5-6,8-13,16-19,21-22H2,2H3. The zero-order valence-electron chi connectivity index (χ0n) is 29.5. The molecule has 2 bridgehead atoms. The second kappa shape index (κ2) is 12.4. The number of fused-ring (bicyclic) bond motifs is 4. The zero-order valence-corrected chi connectivity index (χ0v) is 29.5. The molecule has 2 saturated carbocycles. The van der Waals surface area contributed by atoms with Gasteiger partial charge in [-0.1, -0.05) is 12.0 Å². The van der Waals surface area contributed by atoms with Crippen molar-refractivity contribution in [3.8, 4) is 47.3 Å². The number of piperazine rings is 1. The lowest BCUT2D eigenvalue weighted by Crippen LogP contribution is -2.54. The number of halogens is 3. The van der Waals surface area contributed by atoms with Gasteiger partial charge in [-0.25, -0.2) is 18.2 Å². The minimum Gasteiger partial charge on any atom is -0.508 e. The highest BCUT2D eigenvalue weighted by Crippen LogP contribution is 2.57. The van der Waals surface area contributed by atoms with Gasteiger partial charge in [-0.3, -0.25) is 0 Å². The van der Waals surface area contributed by atoms with Crippen LogP contribution in [0.1, 0.15) is 56.9 Å². The zero-order chi connectivity index (χ0) is 36.7. The molecule has 2 atom stereocenters. The van der Waals surface area contributed by atoms with Crippen LogP contribution in [0.5, 0.6) is 17.6 Å². The Morgan fingerprint density at radius 3 is 2.43 bits per heavy atom. The van der Waals surface area contributed by atoms with E-state index in [0.717, 1.165) is 58.2 Å². The predicted molar refractivity (Wildman–Crippen MR) is 192 cm³/mol. The SMILES string of the molecule is C#Cc1c(F)ccc2cc(O)cc(-c3nc(OC)c4c(N5CC6CCC(C5)N6)nc(OCC5(CN6CCC7(CC6)CC(F)(C#N)C7)CC5)nc4c3F)c12. The summed E-state index contributed by atoms with van der Waals surface area (Å²) in [5.41, 5.74) is -2.10. The van der Waals surface area contributed by atoms with Gasteiger partial charge in [-0.15, -0.1) is 6.42 Å². The molecule has 2 aromatic heterocycles. The lowest BCUT2D eigenvalue weighted by molar-refractivity contribution is -0.0698. The second-order valence-corrected chi connectivity index (χ2v) is 16.0. The summed E-state index contributed by atoms with van der Waals surface area (Å²) in [7, 11) is 1.44. The van der Waals surface area contributed by atoms with E-state index in [1.54, 1.807) is 0 Å². The van der Waals surface area contributed by atoms with E-state index in [4.69, 9.17) is 26.1 Å². The first-order valence-corrected chi connectivity index (χ1v) is 18.4. The molecule has 2 aliphatic carbocycles. The summed E-state index contributed by atoms with van der Waals surface area (Å²) in [6.07, 6.45) is 12.1. The number of nitrogens with one attached hydrogen (secondary N) is 1. The highest BCUT2D eigenvalue weighted by molar-refractivity contribution is 6.04. The molecule has 1 spiro atoms. The number of nitrogens with zero attached hydrogens (tertiary/aromatic N) is 6. The number of piperidine rings is 1. The van der Waals surface area contributed by atoms with Crippen LogP contribution in [0.15, 0.2) is 24.3 Å². The first-order chi connectivity index (χ1) is 25.5. The van der Waals surface area contributed by atoms with Gasteiger partial charge in [-0.2, -0.15) is 15.2 Å². The highest BCUT2D eigenvalue weighted by Gasteiger charge is 2.57. The van der Waals surface area contributed by atoms with E-state index in [1.165, 1.54) is 31.4 Å². The third-order valence-corrected chi connectivity index (χ3v) is 12.3. The van der Waals surface area contributed by atoms with Crippen LogP contribution in [0, 0.1) is 46.1 Å². The molecule has 9 rings (SSSR count). The number of phenolic OH excluding ortho intramolecular Hbond substituents is 1. The normalized spacial score (nSPS) is 23.8. The Bertz CT molecular complexity index is 2220. The van der Waals surface area contributed by atoms with Crippen LogP contribution in [0.3, 0.4) is 0 Å². The van der Waals surface area contributed by atoms with E-state index >= 15 is 8.78 Å². The molecular formula is C40H40F3N7O3. The number of methoxy groups -OCH3 is 1. The maximum absolute atomic E-state index is 17.2. The first kappa shape index (κ1) is 34.0. The van der Waals surface area contributed by atoms with Crippen molar-refractivity contribution >= 4 is 27.5 Å². The Hall–Kier alpha value is -4.85. The number of phenols is 1. The lowest BCUT2D eigenvalue weighted by Gasteiger charge is -2.53. The monoisotopic (exact) mass is 723 g/mol. The molecule has 5 heterocycles. The molecule has 2 unspecified atom stereocenters. The smallest absolute Gasteiger partial charge is 0.319 e. The first-order valence-electron chi connectivity index (χ1n) is 18.4. The van der Waals surface area contributed by atoms with Gasteiger partial charge in [-0.05, 0) is 80.6 Å². The van der Waals surface area contributed by atoms with Crippen molar-refractivity contribution in [2.75, 3.05) is 51.3 Å². The molecule has 0 amide bonds. The van der Waals surface area contributed by atoms with Gasteiger partial charge in [0.2, 0.25) is 5.88 Å². The Morgan fingerprint density at radius 1 is 1.04 bits per heavy atom. The maximum Gasteiger partial charge on any atom is 0.319 e. The fourth-order valence-electron chi connectivity index (χ4n) is 9.42. The fraction of sp³-hybridized carbons (Fsp3) is 0.500. The van der Waals surface area contributed by atoms with Crippen molar-refractivity contribution in [2.45, 2.75) is 69.1 Å². The Balaban J connectivity index is 1.07. The van der Waals surface area contributed by atoms with Crippen LogP contribution in [0.2, 0.25) is 0 Å². The summed E-state index contributed by atoms with van der Waals surface area (Å²) in [6, 6.07) is 7.81. The number of rotatable bonds is 8. The van der Waals surface area contributed by atoms with Crippen LogP contribution >= 0.6 is 0 Å². The molecule has 274 valence electrons. The number of nitriles is 1. The number of hydrogen-bond donors (Lipinski definition) is 2. The van der Waals surface area contributed by atoms with Crippen LogP contribution in [0.4, 0.5) is 19.0 Å². The van der Waals surface area contributed by atoms with Crippen molar-refractivity contribution in [3.05, 3.63) is 41.5 Å². The van der Waals surface area contributed by atoms with Gasteiger partial charge in [0.1, 0.15) is 40.1 Å². The number of likely N-dealkylation sites (tertiary alicyclic amines) is 1. The van der Waals surface area contributed by atoms with Crippen molar-refractivity contribution in [1.82, 2.24) is 25.2 Å². The molecular weight excluding hydrogens is 683 g/mol. The Kier molecular flexibility index (Phi) is 7.92. The van der Waals surface area contributed by atoms with E-state index in [2.05, 4.69) is 31.0 Å². The van der Waals surface area contributed by atoms with Crippen LogP contribution < -0.4 is 19.7 Å². The van der Waals surface area contributed by atoms with Crippen LogP contribution in [-0.4, -0.2) is 89.2 Å². The molecule has 2 N–H and O–H groups in total. The van der Waals surface area contributed by atoms with Gasteiger partial charge < -0.3 is 29.7 Å². The maximum atomic E-state index is 17.2. The molecule has 10 nitrogen and oxygen atoms in total. The van der Waals surface area contributed by atoms with Crippen molar-refractivity contribution in [1.29, 1.82) is 5.26 Å². The van der Waals surface area contributed by atoms with Gasteiger partial charge in [0.25, 0.3) is 0 Å². The van der Waals surface area contributed by atoms with E-state index in [9.17, 15) is 9.50 Å². The highest BCUT2D eigenvalue weighted by atomic mass is 19.1. The predicted octanol–water partition coefficient (Wildman–Crippen LogP) is 6.03. The summed E-state index contributed by atoms with van der Waals surface area (Å²) in [5.74, 6) is 1.29. The van der Waals surface area contributed by atoms with Gasteiger partial charge in [0.05, 0.1) is 19.3 Å². The molecule has 5 fully saturated rings. The average molecular weight is 724 g/mol. The molecule has 13 heteroatoms. The summed E-state index contributed by atoms with van der Waals surface area (Å²) >= 11 is 0. The van der Waals surface area contributed by atoms with Crippen molar-refractivity contribution in [3.63, 3.8) is 0 Å². The summed E-state index contributed by atoms with van der Waals surface area (Å²) in [5, 5.41) is 24.4. The number of terminal acetylenes is 1. The summed E-state index contributed by atoms with van der Waals surface area (Å²) in [6.45, 7) is 4.15. The molecule has 4 aromatic rings. The summed E-state index contributed by atoms with van der Waals surface area (Å²) in [4.78, 5) is 18.7. The van der Waals surface area contributed by atoms with E-state index < -0.39 is 17.3 Å². The van der Waals surface area contributed by atoms with Crippen molar-refractivity contribution in [2.24, 2.45) is 10.8 Å². The second-order valence-electron chi connectivity index (χ2n) is 16.0. The third-order valence-electron chi connectivity index (χ3n) is 12.3. The minimum atomic E-state index is -1.67. The van der Waals surface area contributed by atoms with Crippen LogP contribution in [0.25, 0.3) is 32.9 Å². The topological polar surface area (TPSA) is 120 Å². The Morgan fingerprint density at radius 2 is 1.77 bits per heavy atom. The Labute approximate surface area is 305 Å². The molecule has 3 aliphatic heterocycles. The molecule has 53 heavy (non-hydrogen) atoms. The lowest BCUT2D eigenvalue weighted by atomic mass is 9.56. The average Bonchev–Trinajstić information content (AvgIpc) is 3.83. The molecule has 0 radical (unpaired) electrons. The number of hydrogen-bond acceptors (Lipinski definition) is 10. The third kappa shape index (κ3) is 5.85. The number of benzene rings is 2. The number of pyridine rings is 1. The van der Waals surface area contributed by atoms with E-state index in [1.807, 2.05) is 6.07 Å².